The van der Waals surface area contributed by atoms with E-state index < -0.39 is 0 Å². The molecule has 210 valence electrons. The Morgan fingerprint density at radius 3 is 1.88 bits per heavy atom. The van der Waals surface area contributed by atoms with Gasteiger partial charge in [0.15, 0.2) is 11.5 Å². The average Bonchev–Trinajstić information content (AvgIpc) is 3.05. The van der Waals surface area contributed by atoms with Crippen molar-refractivity contribution in [3.63, 3.8) is 0 Å². The summed E-state index contributed by atoms with van der Waals surface area (Å²) in [6.07, 6.45) is 4.41. The maximum Gasteiger partial charge on any atom is 0.167 e. The van der Waals surface area contributed by atoms with Crippen LogP contribution in [0.25, 0.3) is 55.2 Å². The first-order valence-electron chi connectivity index (χ1n) is 14.8. The number of fused-ring (bicyclic) bond motifs is 2. The molecule has 0 aliphatic heterocycles. The van der Waals surface area contributed by atoms with Crippen molar-refractivity contribution in [2.75, 3.05) is 6.61 Å². The summed E-state index contributed by atoms with van der Waals surface area (Å²) in [6.45, 7) is 5.02. The molecule has 1 aromatic heterocycles. The smallest absolute Gasteiger partial charge is 0.167 e. The number of phenolic OH excluding ortho intramolecular Hbond substituents is 1. The largest absolute Gasteiger partial charge is 0.504 e. The van der Waals surface area contributed by atoms with Gasteiger partial charge in [-0.15, -0.1) is 10.2 Å². The SMILES string of the molecule is CCC(CC)CCCOc1cccc(-c2nnnc(-c3cccc4ccccc34)c2-c2cccc3ccccc23)c1O. The summed E-state index contributed by atoms with van der Waals surface area (Å²) in [4.78, 5) is 0. The molecule has 0 amide bonds. The molecule has 0 aliphatic rings. The molecule has 42 heavy (non-hydrogen) atoms. The molecular weight excluding hydrogens is 518 g/mol. The number of aromatic nitrogens is 3. The number of hydrogen-bond donors (Lipinski definition) is 1. The fourth-order valence-electron chi connectivity index (χ4n) is 5.91. The highest BCUT2D eigenvalue weighted by Crippen LogP contribution is 2.45. The normalized spacial score (nSPS) is 11.4. The predicted octanol–water partition coefficient (Wildman–Crippen LogP) is 9.48. The van der Waals surface area contributed by atoms with E-state index in [1.165, 1.54) is 12.8 Å². The van der Waals surface area contributed by atoms with E-state index in [1.54, 1.807) is 0 Å². The number of ether oxygens (including phenoxy) is 1. The minimum absolute atomic E-state index is 0.0610. The zero-order valence-electron chi connectivity index (χ0n) is 24.1. The van der Waals surface area contributed by atoms with Gasteiger partial charge in [-0.3, -0.25) is 0 Å². The Morgan fingerprint density at radius 1 is 0.643 bits per heavy atom. The molecule has 5 aromatic carbocycles. The zero-order valence-corrected chi connectivity index (χ0v) is 24.1. The predicted molar refractivity (Wildman–Crippen MR) is 172 cm³/mol. The van der Waals surface area contributed by atoms with Crippen LogP contribution in [0.4, 0.5) is 0 Å². The van der Waals surface area contributed by atoms with Crippen molar-refractivity contribution >= 4 is 21.5 Å². The maximum atomic E-state index is 11.5. The average molecular weight is 554 g/mol. The van der Waals surface area contributed by atoms with Gasteiger partial charge in [-0.05, 0) is 63.2 Å². The fraction of sp³-hybridized carbons (Fsp3) is 0.216. The molecule has 5 nitrogen and oxygen atoms in total. The minimum atomic E-state index is 0.0610. The summed E-state index contributed by atoms with van der Waals surface area (Å²) in [5.41, 5.74) is 4.59. The van der Waals surface area contributed by atoms with Crippen LogP contribution in [0.5, 0.6) is 11.5 Å². The second kappa shape index (κ2) is 12.4. The van der Waals surface area contributed by atoms with Gasteiger partial charge in [-0.25, -0.2) is 0 Å². The number of nitrogens with zero attached hydrogens (tertiary/aromatic N) is 3. The van der Waals surface area contributed by atoms with Crippen LogP contribution in [-0.4, -0.2) is 27.1 Å². The topological polar surface area (TPSA) is 68.1 Å². The molecular formula is C37H35N3O2. The Balaban J connectivity index is 1.52. The fourth-order valence-corrected chi connectivity index (χ4v) is 5.91. The lowest BCUT2D eigenvalue weighted by atomic mass is 9.90. The van der Waals surface area contributed by atoms with E-state index in [2.05, 4.69) is 77.8 Å². The van der Waals surface area contributed by atoms with E-state index >= 15 is 0 Å². The van der Waals surface area contributed by atoms with Crippen LogP contribution in [0.3, 0.4) is 0 Å². The summed E-state index contributed by atoms with van der Waals surface area (Å²) in [6, 6.07) is 34.6. The Hall–Kier alpha value is -4.77. The van der Waals surface area contributed by atoms with Crippen LogP contribution < -0.4 is 4.74 Å². The first-order valence-corrected chi connectivity index (χ1v) is 14.8. The first kappa shape index (κ1) is 27.4. The van der Waals surface area contributed by atoms with Gasteiger partial charge >= 0.3 is 0 Å². The van der Waals surface area contributed by atoms with Gasteiger partial charge in [0.25, 0.3) is 0 Å². The molecule has 6 aromatic rings. The standard InChI is InChI=1S/C37H35N3O2/c1-3-25(4-2)13-12-24-42-33-23-11-22-32(37(33)41)36-34(30-20-9-16-26-14-5-7-18-28(26)30)35(38-40-39-36)31-21-10-17-27-15-6-8-19-29(27)31/h5-11,14-23,25,41H,3-4,12-13,24H2,1-2H3. The molecule has 5 heteroatoms. The van der Waals surface area contributed by atoms with Crippen molar-refractivity contribution in [3.05, 3.63) is 103 Å². The van der Waals surface area contributed by atoms with Crippen LogP contribution in [0, 0.1) is 5.92 Å². The number of benzene rings is 5. The van der Waals surface area contributed by atoms with Crippen molar-refractivity contribution < 1.29 is 9.84 Å². The Bertz CT molecular complexity index is 1830. The number of para-hydroxylation sites is 1. The summed E-state index contributed by atoms with van der Waals surface area (Å²) in [5.74, 6) is 1.22. The first-order chi connectivity index (χ1) is 20.7. The van der Waals surface area contributed by atoms with E-state index in [1.807, 2.05) is 54.6 Å². The van der Waals surface area contributed by atoms with E-state index in [9.17, 15) is 5.11 Å². The van der Waals surface area contributed by atoms with Gasteiger partial charge in [-0.2, -0.15) is 0 Å². The Kier molecular flexibility index (Phi) is 8.09. The molecule has 0 aliphatic carbocycles. The van der Waals surface area contributed by atoms with E-state index in [4.69, 9.17) is 4.74 Å². The molecule has 0 atom stereocenters. The van der Waals surface area contributed by atoms with Crippen molar-refractivity contribution in [1.82, 2.24) is 15.4 Å². The lowest BCUT2D eigenvalue weighted by Gasteiger charge is -2.18. The quantitative estimate of drug-likeness (QED) is 0.171. The highest BCUT2D eigenvalue weighted by Gasteiger charge is 2.23. The molecule has 0 bridgehead atoms. The van der Waals surface area contributed by atoms with Gasteiger partial charge in [0.2, 0.25) is 0 Å². The van der Waals surface area contributed by atoms with Crippen LogP contribution >= 0.6 is 0 Å². The lowest BCUT2D eigenvalue weighted by Crippen LogP contribution is -2.04. The number of aromatic hydroxyl groups is 1. The molecule has 0 radical (unpaired) electrons. The van der Waals surface area contributed by atoms with E-state index in [0.29, 0.717) is 35.2 Å². The van der Waals surface area contributed by atoms with Gasteiger partial charge in [0.05, 0.1) is 6.61 Å². The van der Waals surface area contributed by atoms with Gasteiger partial charge in [-0.1, -0.05) is 118 Å². The van der Waals surface area contributed by atoms with Crippen LogP contribution in [0.15, 0.2) is 103 Å². The van der Waals surface area contributed by atoms with Crippen molar-refractivity contribution in [3.8, 4) is 45.1 Å². The Labute approximate surface area is 246 Å². The van der Waals surface area contributed by atoms with Gasteiger partial charge < -0.3 is 9.84 Å². The van der Waals surface area contributed by atoms with Gasteiger partial charge in [0.1, 0.15) is 11.4 Å². The molecule has 0 saturated heterocycles. The van der Waals surface area contributed by atoms with Crippen molar-refractivity contribution in [1.29, 1.82) is 0 Å². The zero-order chi connectivity index (χ0) is 28.9. The molecule has 0 fully saturated rings. The minimum Gasteiger partial charge on any atom is -0.504 e. The van der Waals surface area contributed by atoms with E-state index in [-0.39, 0.29) is 5.75 Å². The van der Waals surface area contributed by atoms with Crippen LogP contribution in [0.1, 0.15) is 39.5 Å². The molecule has 1 heterocycles. The Morgan fingerprint density at radius 2 is 1.19 bits per heavy atom. The summed E-state index contributed by atoms with van der Waals surface area (Å²) in [5, 5.41) is 29.4. The second-order valence-electron chi connectivity index (χ2n) is 10.7. The lowest BCUT2D eigenvalue weighted by molar-refractivity contribution is 0.276. The summed E-state index contributed by atoms with van der Waals surface area (Å²) < 4.78 is 6.11. The van der Waals surface area contributed by atoms with Crippen LogP contribution in [0.2, 0.25) is 0 Å². The number of hydrogen-bond acceptors (Lipinski definition) is 5. The van der Waals surface area contributed by atoms with Gasteiger partial charge in [0, 0.05) is 16.7 Å². The third kappa shape index (κ3) is 5.30. The molecule has 0 unspecified atom stereocenters. The van der Waals surface area contributed by atoms with E-state index in [0.717, 1.165) is 51.1 Å². The monoisotopic (exact) mass is 553 g/mol. The third-order valence-electron chi connectivity index (χ3n) is 8.29. The van der Waals surface area contributed by atoms with Crippen LogP contribution in [-0.2, 0) is 0 Å². The molecule has 1 N–H and O–H groups in total. The second-order valence-corrected chi connectivity index (χ2v) is 10.7. The molecule has 6 rings (SSSR count). The summed E-state index contributed by atoms with van der Waals surface area (Å²) in [7, 11) is 0. The van der Waals surface area contributed by atoms with Crippen molar-refractivity contribution in [2.24, 2.45) is 5.92 Å². The molecule has 0 spiro atoms. The number of rotatable bonds is 10. The molecule has 0 saturated carbocycles. The highest BCUT2D eigenvalue weighted by molar-refractivity contribution is 6.07. The summed E-state index contributed by atoms with van der Waals surface area (Å²) >= 11 is 0. The maximum absolute atomic E-state index is 11.5. The highest BCUT2D eigenvalue weighted by atomic mass is 16.5. The number of phenols is 1. The third-order valence-corrected chi connectivity index (χ3v) is 8.29. The van der Waals surface area contributed by atoms with Crippen molar-refractivity contribution in [2.45, 2.75) is 39.5 Å².